The summed E-state index contributed by atoms with van der Waals surface area (Å²) in [6, 6.07) is 12.5. The molecule has 0 radical (unpaired) electrons. The van der Waals surface area contributed by atoms with Crippen molar-refractivity contribution in [1.29, 1.82) is 0 Å². The average molecular weight is 379 g/mol. The maximum Gasteiger partial charge on any atom is 0.242 e. The van der Waals surface area contributed by atoms with Crippen LogP contribution in [0.2, 0.25) is 0 Å². The second-order valence-electron chi connectivity index (χ2n) is 5.84. The fraction of sp³-hybridized carbons (Fsp3) is 0.235. The predicted molar refractivity (Wildman–Crippen MR) is 106 cm³/mol. The van der Waals surface area contributed by atoms with E-state index in [2.05, 4.69) is 22.2 Å². The van der Waals surface area contributed by atoms with Crippen molar-refractivity contribution in [1.82, 2.24) is 9.73 Å². The third-order valence-corrected chi connectivity index (χ3v) is 5.58. The van der Waals surface area contributed by atoms with Gasteiger partial charge in [0.2, 0.25) is 10.0 Å². The third kappa shape index (κ3) is 4.91. The van der Waals surface area contributed by atoms with E-state index in [0.717, 1.165) is 11.3 Å². The lowest BCUT2D eigenvalue weighted by Gasteiger charge is -2.16. The van der Waals surface area contributed by atoms with Gasteiger partial charge in [0.25, 0.3) is 0 Å². The highest BCUT2D eigenvalue weighted by molar-refractivity contribution is 7.89. The van der Waals surface area contributed by atoms with Crippen molar-refractivity contribution in [3.05, 3.63) is 53.6 Å². The van der Waals surface area contributed by atoms with Crippen LogP contribution >= 0.6 is 12.2 Å². The van der Waals surface area contributed by atoms with Crippen molar-refractivity contribution in [3.8, 4) is 0 Å². The average Bonchev–Trinajstić information content (AvgIpc) is 2.54. The predicted octanol–water partition coefficient (Wildman–Crippen LogP) is 2.87. The van der Waals surface area contributed by atoms with E-state index in [1.54, 1.807) is 24.3 Å². The van der Waals surface area contributed by atoms with Gasteiger partial charge in [-0.2, -0.15) is 0 Å². The molecule has 2 aromatic rings. The first-order valence-electron chi connectivity index (χ1n) is 7.63. The summed E-state index contributed by atoms with van der Waals surface area (Å²) in [7, 11) is -0.495. The van der Waals surface area contributed by atoms with E-state index in [1.165, 1.54) is 24.0 Å². The van der Waals surface area contributed by atoms with Crippen molar-refractivity contribution < 1.29 is 8.42 Å². The quantitative estimate of drug-likeness (QED) is 0.549. The Morgan fingerprint density at radius 3 is 2.44 bits per heavy atom. The van der Waals surface area contributed by atoms with E-state index in [1.807, 2.05) is 26.0 Å². The Balaban J connectivity index is 2.03. The second-order valence-corrected chi connectivity index (χ2v) is 8.40. The summed E-state index contributed by atoms with van der Waals surface area (Å²) in [5.74, 6) is 0. The Morgan fingerprint density at radius 2 is 1.80 bits per heavy atom. The Kier molecular flexibility index (Phi) is 5.99. The SMILES string of the molecule is Cc1ccc(NNC(=S)Nc2cccc(S(=O)(=O)N(C)C)c2)c(C)c1. The van der Waals surface area contributed by atoms with Crippen molar-refractivity contribution in [2.45, 2.75) is 18.7 Å². The molecule has 134 valence electrons. The summed E-state index contributed by atoms with van der Waals surface area (Å²) in [5.41, 5.74) is 9.72. The number of hydrogen-bond acceptors (Lipinski definition) is 4. The summed E-state index contributed by atoms with van der Waals surface area (Å²) < 4.78 is 25.5. The molecule has 0 atom stereocenters. The summed E-state index contributed by atoms with van der Waals surface area (Å²) in [6.07, 6.45) is 0. The van der Waals surface area contributed by atoms with Gasteiger partial charge in [-0.25, -0.2) is 12.7 Å². The van der Waals surface area contributed by atoms with Gasteiger partial charge in [-0.15, -0.1) is 0 Å². The number of thiocarbonyl (C=S) groups is 1. The van der Waals surface area contributed by atoms with Crippen LogP contribution in [0.1, 0.15) is 11.1 Å². The molecule has 0 saturated carbocycles. The van der Waals surface area contributed by atoms with Crippen LogP contribution in [-0.2, 0) is 10.0 Å². The molecule has 0 aromatic heterocycles. The molecule has 0 aliphatic carbocycles. The van der Waals surface area contributed by atoms with E-state index in [0.29, 0.717) is 10.8 Å². The van der Waals surface area contributed by atoms with Crippen LogP contribution in [0.15, 0.2) is 47.4 Å². The molecule has 2 aromatic carbocycles. The Labute approximate surface area is 154 Å². The van der Waals surface area contributed by atoms with Gasteiger partial charge in [-0.1, -0.05) is 23.8 Å². The van der Waals surface area contributed by atoms with Crippen LogP contribution in [0, 0.1) is 13.8 Å². The highest BCUT2D eigenvalue weighted by Crippen LogP contribution is 2.18. The van der Waals surface area contributed by atoms with Crippen molar-refractivity contribution in [3.63, 3.8) is 0 Å². The molecule has 0 fully saturated rings. The van der Waals surface area contributed by atoms with Gasteiger partial charge >= 0.3 is 0 Å². The largest absolute Gasteiger partial charge is 0.331 e. The minimum atomic E-state index is -3.49. The van der Waals surface area contributed by atoms with Gasteiger partial charge in [-0.3, -0.25) is 10.9 Å². The molecule has 0 unspecified atom stereocenters. The van der Waals surface area contributed by atoms with E-state index in [-0.39, 0.29) is 4.90 Å². The zero-order valence-corrected chi connectivity index (χ0v) is 16.3. The molecule has 6 nitrogen and oxygen atoms in total. The van der Waals surface area contributed by atoms with E-state index < -0.39 is 10.0 Å². The van der Waals surface area contributed by atoms with Gasteiger partial charge in [0.15, 0.2) is 5.11 Å². The molecule has 0 heterocycles. The van der Waals surface area contributed by atoms with Gasteiger partial charge in [0.05, 0.1) is 10.6 Å². The highest BCUT2D eigenvalue weighted by Gasteiger charge is 2.17. The molecule has 0 amide bonds. The minimum absolute atomic E-state index is 0.202. The topological polar surface area (TPSA) is 73.5 Å². The standard InChI is InChI=1S/C17H22N4O2S2/c1-12-8-9-16(13(2)10-12)19-20-17(24)18-14-6-5-7-15(11-14)25(22,23)21(3)4/h5-11,19H,1-4H3,(H2,18,20,24). The molecule has 0 bridgehead atoms. The van der Waals surface area contributed by atoms with E-state index >= 15 is 0 Å². The maximum atomic E-state index is 12.2. The molecule has 0 saturated heterocycles. The molecular formula is C17H22N4O2S2. The Hall–Kier alpha value is -2.16. The monoisotopic (exact) mass is 378 g/mol. The molecular weight excluding hydrogens is 356 g/mol. The first-order chi connectivity index (χ1) is 11.7. The zero-order chi connectivity index (χ0) is 18.6. The maximum absolute atomic E-state index is 12.2. The van der Waals surface area contributed by atoms with Crippen LogP contribution in [-0.4, -0.2) is 31.9 Å². The van der Waals surface area contributed by atoms with Gasteiger partial charge in [0.1, 0.15) is 0 Å². The molecule has 0 aliphatic heterocycles. The van der Waals surface area contributed by atoms with Crippen LogP contribution in [0.3, 0.4) is 0 Å². The molecule has 2 rings (SSSR count). The third-order valence-electron chi connectivity index (χ3n) is 3.56. The smallest absolute Gasteiger partial charge is 0.242 e. The number of rotatable bonds is 5. The number of benzene rings is 2. The second kappa shape index (κ2) is 7.81. The molecule has 8 heteroatoms. The summed E-state index contributed by atoms with van der Waals surface area (Å²) >= 11 is 5.25. The minimum Gasteiger partial charge on any atom is -0.331 e. The molecule has 0 aliphatic rings. The fourth-order valence-corrected chi connectivity index (χ4v) is 3.30. The number of aryl methyl sites for hydroxylation is 2. The first-order valence-corrected chi connectivity index (χ1v) is 9.48. The normalized spacial score (nSPS) is 11.2. The van der Waals surface area contributed by atoms with Gasteiger partial charge in [-0.05, 0) is 55.9 Å². The number of anilines is 2. The number of hydrogen-bond donors (Lipinski definition) is 3. The number of nitrogens with one attached hydrogen (secondary N) is 3. The van der Waals surface area contributed by atoms with Crippen molar-refractivity contribution in [2.24, 2.45) is 0 Å². The fourth-order valence-electron chi connectivity index (χ4n) is 2.19. The first kappa shape index (κ1) is 19.2. The number of sulfonamides is 1. The Bertz CT molecular complexity index is 880. The molecule has 3 N–H and O–H groups in total. The number of hydrazine groups is 1. The summed E-state index contributed by atoms with van der Waals surface area (Å²) in [4.78, 5) is 0.202. The lowest BCUT2D eigenvalue weighted by atomic mass is 10.1. The van der Waals surface area contributed by atoms with Crippen LogP contribution in [0.25, 0.3) is 0 Å². The van der Waals surface area contributed by atoms with Crippen molar-refractivity contribution >= 4 is 38.7 Å². The van der Waals surface area contributed by atoms with Crippen molar-refractivity contribution in [2.75, 3.05) is 24.8 Å². The summed E-state index contributed by atoms with van der Waals surface area (Å²) in [6.45, 7) is 4.04. The lowest BCUT2D eigenvalue weighted by Crippen LogP contribution is -2.33. The van der Waals surface area contributed by atoms with Gasteiger partial charge < -0.3 is 5.32 Å². The lowest BCUT2D eigenvalue weighted by molar-refractivity contribution is 0.521. The summed E-state index contributed by atoms with van der Waals surface area (Å²) in [5, 5.41) is 3.30. The molecule has 0 spiro atoms. The van der Waals surface area contributed by atoms with Gasteiger partial charge in [0, 0.05) is 19.8 Å². The number of nitrogens with zero attached hydrogens (tertiary/aromatic N) is 1. The molecule has 25 heavy (non-hydrogen) atoms. The van der Waals surface area contributed by atoms with Crippen LogP contribution in [0.4, 0.5) is 11.4 Å². The zero-order valence-electron chi connectivity index (χ0n) is 14.6. The van der Waals surface area contributed by atoms with Crippen LogP contribution < -0.4 is 16.2 Å². The Morgan fingerprint density at radius 1 is 1.08 bits per heavy atom. The highest BCUT2D eigenvalue weighted by atomic mass is 32.2. The van der Waals surface area contributed by atoms with Crippen LogP contribution in [0.5, 0.6) is 0 Å². The van der Waals surface area contributed by atoms with E-state index in [4.69, 9.17) is 12.2 Å². The van der Waals surface area contributed by atoms with E-state index in [9.17, 15) is 8.42 Å².